The van der Waals surface area contributed by atoms with E-state index in [0.717, 1.165) is 0 Å². The maximum Gasteiger partial charge on any atom is 0.269 e. The molecule has 0 saturated carbocycles. The lowest BCUT2D eigenvalue weighted by molar-refractivity contribution is -0.136. The van der Waals surface area contributed by atoms with Gasteiger partial charge in [0.1, 0.15) is 41.6 Å². The van der Waals surface area contributed by atoms with Crippen LogP contribution in [0.3, 0.4) is 0 Å². The van der Waals surface area contributed by atoms with Crippen LogP contribution in [0.1, 0.15) is 103 Å². The summed E-state index contributed by atoms with van der Waals surface area (Å²) in [5, 5.41) is 38.2. The second-order valence-electron chi connectivity index (χ2n) is 18.4. The Bertz CT molecular complexity index is 2150. The molecule has 77 heavy (non-hydrogen) atoms. The molecule has 1 aliphatic rings. The van der Waals surface area contributed by atoms with E-state index in [1.165, 1.54) is 24.1 Å². The third-order valence-corrected chi connectivity index (χ3v) is 12.0. The summed E-state index contributed by atoms with van der Waals surface area (Å²) in [7, 11) is 0. The second-order valence-corrected chi connectivity index (χ2v) is 18.4. The van der Waals surface area contributed by atoms with Crippen molar-refractivity contribution in [2.45, 2.75) is 140 Å². The van der Waals surface area contributed by atoms with E-state index in [1.54, 1.807) is 18.2 Å². The molecule has 9 amide bonds. The van der Waals surface area contributed by atoms with Gasteiger partial charge in [-0.05, 0) is 129 Å². The summed E-state index contributed by atoms with van der Waals surface area (Å²) in [5.41, 5.74) is 33.6. The smallest absolute Gasteiger partial charge is 0.269 e. The Morgan fingerprint density at radius 1 is 0.779 bits per heavy atom. The number of pyridine rings is 1. The lowest BCUT2D eigenvalue weighted by Crippen LogP contribution is -2.57. The third-order valence-electron chi connectivity index (χ3n) is 12.0. The molecule has 1 fully saturated rings. The van der Waals surface area contributed by atoms with Crippen molar-refractivity contribution in [2.75, 3.05) is 58.9 Å². The van der Waals surface area contributed by atoms with Crippen LogP contribution in [0.25, 0.3) is 0 Å². The number of nitrogens with zero attached hydrogens (tertiary/aromatic N) is 3. The Labute approximate surface area is 449 Å². The Balaban J connectivity index is 2.42. The molecule has 28 nitrogen and oxygen atoms in total. The van der Waals surface area contributed by atoms with E-state index < -0.39 is 96.0 Å². The fourth-order valence-corrected chi connectivity index (χ4v) is 7.78. The average molecular weight is 1090 g/mol. The topological polar surface area (TPSA) is 479 Å². The van der Waals surface area contributed by atoms with Crippen LogP contribution in [0.2, 0.25) is 0 Å². The van der Waals surface area contributed by atoms with E-state index in [1.807, 2.05) is 0 Å². The summed E-state index contributed by atoms with van der Waals surface area (Å²) in [6, 6.07) is -0.933. The fourth-order valence-electron chi connectivity index (χ4n) is 7.78. The number of rotatable bonds is 37. The highest BCUT2D eigenvalue weighted by atomic mass is 16.3. The number of carbonyl (C=O) groups is 9. The summed E-state index contributed by atoms with van der Waals surface area (Å²) in [5.74, 6) is -6.94. The van der Waals surface area contributed by atoms with E-state index in [4.69, 9.17) is 39.8 Å². The van der Waals surface area contributed by atoms with Crippen LogP contribution in [-0.4, -0.2) is 175 Å². The molecular weight excluding hydrogens is 1000 g/mol. The van der Waals surface area contributed by atoms with Gasteiger partial charge in [-0.25, -0.2) is 4.99 Å². The van der Waals surface area contributed by atoms with E-state index in [2.05, 4.69) is 52.5 Å². The predicted molar refractivity (Wildman–Crippen MR) is 287 cm³/mol. The molecule has 0 spiro atoms. The molecule has 1 aliphatic heterocycles. The minimum atomic E-state index is -1.37. The first-order chi connectivity index (χ1) is 36.9. The molecule has 0 radical (unpaired) electrons. The van der Waals surface area contributed by atoms with Gasteiger partial charge in [0.15, 0.2) is 5.96 Å². The zero-order valence-electron chi connectivity index (χ0n) is 44.2. The Hall–Kier alpha value is -6.98. The molecular formula is C49H84N18O10. The molecule has 28 heteroatoms. The number of hydrogen-bond acceptors (Lipinski definition) is 17. The van der Waals surface area contributed by atoms with Gasteiger partial charge in [0.05, 0.1) is 19.1 Å². The lowest BCUT2D eigenvalue weighted by Gasteiger charge is -2.28. The molecule has 2 rings (SSSR count). The predicted octanol–water partition coefficient (Wildman–Crippen LogP) is -4.91. The van der Waals surface area contributed by atoms with Gasteiger partial charge >= 0.3 is 0 Å². The Morgan fingerprint density at radius 2 is 1.44 bits per heavy atom. The number of aliphatic imine (C=N–C) groups is 1. The highest BCUT2D eigenvalue weighted by Crippen LogP contribution is 2.20. The van der Waals surface area contributed by atoms with Crippen LogP contribution in [0, 0.1) is 5.41 Å². The number of unbranched alkanes of at least 4 members (excludes halogenated alkanes) is 3. The number of amides is 9. The maximum atomic E-state index is 14.5. The van der Waals surface area contributed by atoms with Gasteiger partial charge in [-0.1, -0.05) is 12.1 Å². The van der Waals surface area contributed by atoms with Gasteiger partial charge in [-0.3, -0.25) is 53.5 Å². The standard InChI is InChI=1S/C49H84N18O10/c1-31(61-40(69)28-33(68)29-54)42(71)60-30-41(70)62-37(16-10-22-53)48(77)67-26-12-18-39(67)47(76)66-38(27-32-13-4-8-23-57-32)46(75)65-35(15-3-6-20-51)44(73)64-36(17-11-25-59-49(55)56)45(74)63-34(14-2-5-19-50)43(72)58-24-9-7-21-52/h4,8,13,17,23,31,33-35,38-39,68H,2-3,5-7,9-12,14-16,18-22,24-30,50-54H2,1H3,(H,58,72)(H,60,71)(H,61,69)(H,63,74)(H,64,73)(H,65,75)(H,66,76)(H4,55,56,59)/b36-17-,62-37+/t31-,33+,34-,35-,38-,39-/m0/s1. The molecule has 0 aromatic carbocycles. The number of carbonyl (C=O) groups excluding carboxylic acids is 9. The summed E-state index contributed by atoms with van der Waals surface area (Å²) < 4.78 is 0. The minimum absolute atomic E-state index is 0.0424. The van der Waals surface area contributed by atoms with Crippen LogP contribution >= 0.6 is 0 Å². The number of aliphatic hydroxyl groups is 1. The number of nitrogens with one attached hydrogen (secondary N) is 9. The van der Waals surface area contributed by atoms with Gasteiger partial charge in [-0.15, -0.1) is 0 Å². The van der Waals surface area contributed by atoms with Crippen molar-refractivity contribution >= 4 is 64.8 Å². The number of hydrogen-bond donors (Lipinski definition) is 16. The molecule has 430 valence electrons. The number of aliphatic hydroxyl groups excluding tert-OH is 1. The largest absolute Gasteiger partial charge is 0.391 e. The summed E-state index contributed by atoms with van der Waals surface area (Å²) >= 11 is 0. The van der Waals surface area contributed by atoms with Crippen molar-refractivity contribution in [3.8, 4) is 0 Å². The van der Waals surface area contributed by atoms with Crippen LogP contribution in [0.4, 0.5) is 0 Å². The first-order valence-electron chi connectivity index (χ1n) is 26.2. The zero-order valence-corrected chi connectivity index (χ0v) is 44.2. The monoisotopic (exact) mass is 1080 g/mol. The van der Waals surface area contributed by atoms with Crippen molar-refractivity contribution in [1.82, 2.24) is 52.4 Å². The molecule has 1 saturated heterocycles. The minimum Gasteiger partial charge on any atom is -0.391 e. The van der Waals surface area contributed by atoms with Gasteiger partial charge in [0.25, 0.3) is 17.7 Å². The average Bonchev–Trinajstić information content (AvgIpc) is 3.91. The summed E-state index contributed by atoms with van der Waals surface area (Å²) in [4.78, 5) is 132. The van der Waals surface area contributed by atoms with Crippen molar-refractivity contribution in [3.05, 3.63) is 41.9 Å². The first kappa shape index (κ1) is 66.1. The molecule has 0 unspecified atom stereocenters. The van der Waals surface area contributed by atoms with Crippen LogP contribution < -0.4 is 76.9 Å². The molecule has 6 atom stereocenters. The normalized spacial score (nSPS) is 15.4. The lowest BCUT2D eigenvalue weighted by atomic mass is 10.0. The van der Waals surface area contributed by atoms with Crippen molar-refractivity contribution < 1.29 is 48.3 Å². The molecule has 22 N–H and O–H groups in total. The quantitative estimate of drug-likeness (QED) is 0.0129. The van der Waals surface area contributed by atoms with Gasteiger partial charge in [0, 0.05) is 44.5 Å². The fraction of sp³-hybridized carbons (Fsp3) is 0.633. The molecule has 1 aromatic rings. The zero-order chi connectivity index (χ0) is 57.1. The molecule has 2 heterocycles. The number of aromatic nitrogens is 1. The van der Waals surface area contributed by atoms with Crippen LogP contribution in [0.15, 0.2) is 41.2 Å². The van der Waals surface area contributed by atoms with E-state index in [0.29, 0.717) is 70.3 Å². The van der Waals surface area contributed by atoms with Gasteiger partial charge < -0.3 is 86.9 Å². The highest BCUT2D eigenvalue weighted by Gasteiger charge is 2.38. The van der Waals surface area contributed by atoms with E-state index >= 15 is 0 Å². The molecule has 0 aliphatic carbocycles. The van der Waals surface area contributed by atoms with Crippen molar-refractivity contribution in [2.24, 2.45) is 39.4 Å². The molecule has 1 aromatic heterocycles. The number of likely N-dealkylation sites (tertiary alicyclic amines) is 1. The third kappa shape index (κ3) is 26.1. The van der Waals surface area contributed by atoms with Gasteiger partial charge in [0.2, 0.25) is 35.4 Å². The Kier molecular flexibility index (Phi) is 32.4. The number of nitrogens with two attached hydrogens (primary N) is 6. The highest BCUT2D eigenvalue weighted by molar-refractivity contribution is 6.40. The van der Waals surface area contributed by atoms with Crippen molar-refractivity contribution in [1.29, 1.82) is 5.41 Å². The van der Waals surface area contributed by atoms with Crippen molar-refractivity contribution in [3.63, 3.8) is 0 Å². The number of guanidine groups is 1. The van der Waals surface area contributed by atoms with Gasteiger partial charge in [-0.2, -0.15) is 0 Å². The maximum absolute atomic E-state index is 14.5. The van der Waals surface area contributed by atoms with Crippen LogP contribution in [0.5, 0.6) is 0 Å². The Morgan fingerprint density at radius 3 is 2.06 bits per heavy atom. The van der Waals surface area contributed by atoms with Crippen LogP contribution in [-0.2, 0) is 49.6 Å². The SMILES string of the molecule is C[C@H](NC(=O)C[C@@H](O)CN)C(=O)NCC(=O)/N=C(\CCCN)C(=O)N1CCC[C@H]1C(=O)N[C@@H](Cc1ccccn1)C(=O)N[C@@H](CCCCN)C(=O)N/C(=C\CCNC(=N)N)C(=O)N[C@@H](CCCCN)C(=O)NCCCCN. The van der Waals surface area contributed by atoms with E-state index in [-0.39, 0.29) is 101 Å². The summed E-state index contributed by atoms with van der Waals surface area (Å²) in [6.45, 7) is 2.27. The molecule has 0 bridgehead atoms. The first-order valence-corrected chi connectivity index (χ1v) is 26.2. The van der Waals surface area contributed by atoms with E-state index in [9.17, 15) is 48.3 Å². The second kappa shape index (κ2) is 37.7. The summed E-state index contributed by atoms with van der Waals surface area (Å²) in [6.07, 6.45) is 5.59.